The molecule has 1 heterocycles. The zero-order valence-electron chi connectivity index (χ0n) is 12.2. The number of hydrogen-bond donors (Lipinski definition) is 1. The van der Waals surface area contributed by atoms with Crippen LogP contribution in [0.1, 0.15) is 23.8 Å². The molecule has 0 atom stereocenters. The van der Waals surface area contributed by atoms with E-state index in [-0.39, 0.29) is 0 Å². The second-order valence-corrected chi connectivity index (χ2v) is 5.58. The maximum Gasteiger partial charge on any atom is 0.134 e. The summed E-state index contributed by atoms with van der Waals surface area (Å²) in [4.78, 5) is 0. The number of nitrogens with one attached hydrogen (secondary N) is 1. The third-order valence-corrected chi connectivity index (χ3v) is 4.15. The average Bonchev–Trinajstić information content (AvgIpc) is 2.86. The Morgan fingerprint density at radius 2 is 1.95 bits per heavy atom. The molecular formula is C18H18ClNO. The molecule has 0 bridgehead atoms. The molecule has 21 heavy (non-hydrogen) atoms. The standard InChI is InChI=1S/C18H18ClNO/c1-3-17-15(14-6-4-5-7-18(14)21-17)11-20-13-9-8-12(2)16(19)10-13/h4-10,20H,3,11H2,1-2H3. The van der Waals surface area contributed by atoms with Gasteiger partial charge in [-0.05, 0) is 30.7 Å². The topological polar surface area (TPSA) is 25.2 Å². The lowest BCUT2D eigenvalue weighted by atomic mass is 10.1. The van der Waals surface area contributed by atoms with Crippen molar-refractivity contribution in [3.63, 3.8) is 0 Å². The summed E-state index contributed by atoms with van der Waals surface area (Å²) in [7, 11) is 0. The molecule has 0 saturated heterocycles. The molecule has 3 heteroatoms. The number of furan rings is 1. The highest BCUT2D eigenvalue weighted by molar-refractivity contribution is 6.31. The van der Waals surface area contributed by atoms with Gasteiger partial charge >= 0.3 is 0 Å². The first kappa shape index (κ1) is 14.0. The van der Waals surface area contributed by atoms with Crippen LogP contribution in [0.5, 0.6) is 0 Å². The Labute approximate surface area is 129 Å². The van der Waals surface area contributed by atoms with Gasteiger partial charge in [0.15, 0.2) is 0 Å². The Hall–Kier alpha value is -1.93. The SMILES string of the molecule is CCc1oc2ccccc2c1CNc1ccc(C)c(Cl)c1. The Balaban J connectivity index is 1.89. The molecule has 0 aliphatic carbocycles. The predicted octanol–water partition coefficient (Wildman–Crippen LogP) is 5.57. The van der Waals surface area contributed by atoms with E-state index < -0.39 is 0 Å². The molecule has 1 N–H and O–H groups in total. The van der Waals surface area contributed by atoms with E-state index in [2.05, 4.69) is 24.4 Å². The van der Waals surface area contributed by atoms with Crippen LogP contribution in [0.4, 0.5) is 5.69 Å². The first-order valence-corrected chi connectivity index (χ1v) is 7.56. The summed E-state index contributed by atoms with van der Waals surface area (Å²) >= 11 is 6.17. The van der Waals surface area contributed by atoms with E-state index in [0.29, 0.717) is 0 Å². The van der Waals surface area contributed by atoms with Gasteiger partial charge in [-0.2, -0.15) is 0 Å². The van der Waals surface area contributed by atoms with Crippen molar-refractivity contribution >= 4 is 28.3 Å². The van der Waals surface area contributed by atoms with Crippen LogP contribution in [-0.4, -0.2) is 0 Å². The normalized spacial score (nSPS) is 11.0. The van der Waals surface area contributed by atoms with Crippen molar-refractivity contribution in [2.45, 2.75) is 26.8 Å². The first-order valence-electron chi connectivity index (χ1n) is 7.18. The summed E-state index contributed by atoms with van der Waals surface area (Å²) in [6, 6.07) is 14.2. The van der Waals surface area contributed by atoms with Gasteiger partial charge in [-0.15, -0.1) is 0 Å². The lowest BCUT2D eigenvalue weighted by molar-refractivity contribution is 0.551. The van der Waals surface area contributed by atoms with Gasteiger partial charge in [-0.3, -0.25) is 0 Å². The zero-order valence-corrected chi connectivity index (χ0v) is 13.0. The lowest BCUT2D eigenvalue weighted by Gasteiger charge is -2.08. The molecule has 108 valence electrons. The van der Waals surface area contributed by atoms with E-state index in [1.807, 2.05) is 37.3 Å². The Morgan fingerprint density at radius 1 is 1.14 bits per heavy atom. The van der Waals surface area contributed by atoms with Gasteiger partial charge in [0.05, 0.1) is 0 Å². The molecule has 2 aromatic carbocycles. The number of rotatable bonds is 4. The monoisotopic (exact) mass is 299 g/mol. The molecule has 3 aromatic rings. The second kappa shape index (κ2) is 5.82. The van der Waals surface area contributed by atoms with Crippen molar-refractivity contribution in [2.24, 2.45) is 0 Å². The molecule has 0 aliphatic rings. The van der Waals surface area contributed by atoms with Crippen molar-refractivity contribution < 1.29 is 4.42 Å². The molecule has 0 radical (unpaired) electrons. The number of fused-ring (bicyclic) bond motifs is 1. The van der Waals surface area contributed by atoms with Crippen LogP contribution in [0.15, 0.2) is 46.9 Å². The third-order valence-electron chi connectivity index (χ3n) is 3.74. The number of halogens is 1. The summed E-state index contributed by atoms with van der Waals surface area (Å²) < 4.78 is 5.91. The summed E-state index contributed by atoms with van der Waals surface area (Å²) in [5.41, 5.74) is 4.29. The van der Waals surface area contributed by atoms with Crippen LogP contribution in [0.3, 0.4) is 0 Å². The van der Waals surface area contributed by atoms with Gasteiger partial charge in [0.25, 0.3) is 0 Å². The van der Waals surface area contributed by atoms with Crippen molar-refractivity contribution in [3.8, 4) is 0 Å². The third kappa shape index (κ3) is 2.77. The maximum absolute atomic E-state index is 6.17. The van der Waals surface area contributed by atoms with E-state index in [4.69, 9.17) is 16.0 Å². The largest absolute Gasteiger partial charge is 0.461 e. The quantitative estimate of drug-likeness (QED) is 0.681. The van der Waals surface area contributed by atoms with Crippen LogP contribution in [0.25, 0.3) is 11.0 Å². The minimum Gasteiger partial charge on any atom is -0.461 e. The summed E-state index contributed by atoms with van der Waals surface area (Å²) in [6.07, 6.45) is 0.889. The summed E-state index contributed by atoms with van der Waals surface area (Å²) in [6.45, 7) is 4.86. The molecule has 0 amide bonds. The van der Waals surface area contributed by atoms with Crippen molar-refractivity contribution in [2.75, 3.05) is 5.32 Å². The fourth-order valence-electron chi connectivity index (χ4n) is 2.52. The lowest BCUT2D eigenvalue weighted by Crippen LogP contribution is -2.01. The number of anilines is 1. The van der Waals surface area contributed by atoms with E-state index in [1.54, 1.807) is 0 Å². The number of para-hydroxylation sites is 1. The molecule has 0 unspecified atom stereocenters. The van der Waals surface area contributed by atoms with Gasteiger partial charge in [0.1, 0.15) is 11.3 Å². The fraction of sp³-hybridized carbons (Fsp3) is 0.222. The zero-order chi connectivity index (χ0) is 14.8. The van der Waals surface area contributed by atoms with Crippen LogP contribution >= 0.6 is 11.6 Å². The molecule has 2 nitrogen and oxygen atoms in total. The Bertz CT molecular complexity index is 776. The van der Waals surface area contributed by atoms with Gasteiger partial charge < -0.3 is 9.73 Å². The Morgan fingerprint density at radius 3 is 2.71 bits per heavy atom. The predicted molar refractivity (Wildman–Crippen MR) is 89.1 cm³/mol. The first-order chi connectivity index (χ1) is 10.2. The van der Waals surface area contributed by atoms with Gasteiger partial charge in [-0.25, -0.2) is 0 Å². The van der Waals surface area contributed by atoms with Gasteiger partial charge in [0, 0.05) is 34.6 Å². The van der Waals surface area contributed by atoms with Crippen molar-refractivity contribution in [1.29, 1.82) is 0 Å². The van der Waals surface area contributed by atoms with Crippen LogP contribution in [-0.2, 0) is 13.0 Å². The van der Waals surface area contributed by atoms with Crippen LogP contribution in [0.2, 0.25) is 5.02 Å². The Kier molecular flexibility index (Phi) is 3.89. The number of hydrogen-bond acceptors (Lipinski definition) is 2. The minimum atomic E-state index is 0.736. The number of benzene rings is 2. The van der Waals surface area contributed by atoms with Crippen molar-refractivity contribution in [3.05, 3.63) is 64.4 Å². The van der Waals surface area contributed by atoms with Gasteiger partial charge in [-0.1, -0.05) is 42.8 Å². The highest BCUT2D eigenvalue weighted by atomic mass is 35.5. The molecule has 0 saturated carbocycles. The van der Waals surface area contributed by atoms with E-state index in [9.17, 15) is 0 Å². The fourth-order valence-corrected chi connectivity index (χ4v) is 2.70. The minimum absolute atomic E-state index is 0.736. The highest BCUT2D eigenvalue weighted by Gasteiger charge is 2.12. The summed E-state index contributed by atoms with van der Waals surface area (Å²) in [5, 5.41) is 5.40. The highest BCUT2D eigenvalue weighted by Crippen LogP contribution is 2.27. The molecule has 1 aromatic heterocycles. The average molecular weight is 300 g/mol. The van der Waals surface area contributed by atoms with E-state index >= 15 is 0 Å². The van der Waals surface area contributed by atoms with Crippen molar-refractivity contribution in [1.82, 2.24) is 0 Å². The molecule has 0 spiro atoms. The van der Waals surface area contributed by atoms with Crippen LogP contribution in [0, 0.1) is 6.92 Å². The molecule has 0 fully saturated rings. The molecule has 0 aliphatic heterocycles. The summed E-state index contributed by atoms with van der Waals surface area (Å²) in [5.74, 6) is 1.04. The van der Waals surface area contributed by atoms with E-state index in [0.717, 1.165) is 40.6 Å². The smallest absolute Gasteiger partial charge is 0.134 e. The second-order valence-electron chi connectivity index (χ2n) is 5.17. The molecular weight excluding hydrogens is 282 g/mol. The van der Waals surface area contributed by atoms with Gasteiger partial charge in [0.2, 0.25) is 0 Å². The van der Waals surface area contributed by atoms with Crippen LogP contribution < -0.4 is 5.32 Å². The molecule has 3 rings (SSSR count). The van der Waals surface area contributed by atoms with E-state index in [1.165, 1.54) is 10.9 Å². The number of aryl methyl sites for hydroxylation is 2. The maximum atomic E-state index is 6.17.